The number of aryl methyl sites for hydroxylation is 1. The van der Waals surface area contributed by atoms with Crippen molar-refractivity contribution in [1.29, 1.82) is 0 Å². The number of aromatic nitrogens is 2. The number of benzene rings is 1. The molecular formula is C22H17N3O5S2. The molecule has 4 aromatic rings. The fourth-order valence-electron chi connectivity index (χ4n) is 3.52. The second kappa shape index (κ2) is 7.88. The highest BCUT2D eigenvalue weighted by molar-refractivity contribution is 7.19. The van der Waals surface area contributed by atoms with Gasteiger partial charge in [-0.05, 0) is 32.0 Å². The fourth-order valence-corrected chi connectivity index (χ4v) is 5.38. The molecule has 0 atom stereocenters. The number of ketones is 1. The number of Topliss-reactive ketones (excluding diaryl/α,β-unsaturated/α-hetero) is 1. The van der Waals surface area contributed by atoms with Crippen molar-refractivity contribution in [3.63, 3.8) is 0 Å². The van der Waals surface area contributed by atoms with E-state index < -0.39 is 5.91 Å². The Morgan fingerprint density at radius 3 is 2.72 bits per heavy atom. The van der Waals surface area contributed by atoms with Crippen LogP contribution in [-0.4, -0.2) is 28.0 Å². The number of fused-ring (bicyclic) bond motifs is 2. The van der Waals surface area contributed by atoms with Crippen molar-refractivity contribution < 1.29 is 19.1 Å². The Morgan fingerprint density at radius 1 is 1.22 bits per heavy atom. The molecule has 1 aromatic carbocycles. The van der Waals surface area contributed by atoms with E-state index in [9.17, 15) is 14.4 Å². The molecule has 4 heterocycles. The van der Waals surface area contributed by atoms with Crippen LogP contribution in [0.4, 0.5) is 5.69 Å². The number of nitrogens with one attached hydrogen (secondary N) is 1. The molecule has 0 saturated carbocycles. The van der Waals surface area contributed by atoms with Crippen molar-refractivity contribution in [1.82, 2.24) is 9.55 Å². The number of hydrogen-bond acceptors (Lipinski definition) is 8. The van der Waals surface area contributed by atoms with Crippen LogP contribution in [0, 0.1) is 6.92 Å². The van der Waals surface area contributed by atoms with Crippen molar-refractivity contribution >= 4 is 50.3 Å². The van der Waals surface area contributed by atoms with Gasteiger partial charge in [0.15, 0.2) is 17.3 Å². The standard InChI is InChI=1S/C22H17N3O5S2/c1-11-3-4-18(32-11)14-8-31-21-20(14)22(28)25(9-23-21)7-19(27)24-15-6-17-16(29-10-30-17)5-13(15)12(2)26/h3-6,8-9H,7,10H2,1-2H3,(H,24,27). The summed E-state index contributed by atoms with van der Waals surface area (Å²) in [5.74, 6) is 0.207. The predicted molar refractivity (Wildman–Crippen MR) is 123 cm³/mol. The normalized spacial score (nSPS) is 12.3. The van der Waals surface area contributed by atoms with Crippen LogP contribution in [0.1, 0.15) is 22.2 Å². The van der Waals surface area contributed by atoms with Gasteiger partial charge in [-0.15, -0.1) is 22.7 Å². The third-order valence-electron chi connectivity index (χ3n) is 5.05. The van der Waals surface area contributed by atoms with Crippen molar-refractivity contribution in [2.75, 3.05) is 12.1 Å². The number of carbonyl (C=O) groups excluding carboxylic acids is 2. The highest BCUT2D eigenvalue weighted by Gasteiger charge is 2.21. The molecule has 1 amide bonds. The summed E-state index contributed by atoms with van der Waals surface area (Å²) in [4.78, 5) is 45.1. The highest BCUT2D eigenvalue weighted by Crippen LogP contribution is 2.37. The van der Waals surface area contributed by atoms with Gasteiger partial charge in [-0.1, -0.05) is 0 Å². The van der Waals surface area contributed by atoms with Gasteiger partial charge in [-0.25, -0.2) is 4.98 Å². The Bertz CT molecular complexity index is 1450. The zero-order valence-electron chi connectivity index (χ0n) is 17.1. The zero-order chi connectivity index (χ0) is 22.4. The van der Waals surface area contributed by atoms with Gasteiger partial charge in [-0.2, -0.15) is 0 Å². The average molecular weight is 468 g/mol. The summed E-state index contributed by atoms with van der Waals surface area (Å²) in [7, 11) is 0. The largest absolute Gasteiger partial charge is 0.454 e. The van der Waals surface area contributed by atoms with Crippen molar-refractivity contribution in [2.45, 2.75) is 20.4 Å². The van der Waals surface area contributed by atoms with Gasteiger partial charge < -0.3 is 14.8 Å². The lowest BCUT2D eigenvalue weighted by molar-refractivity contribution is -0.116. The van der Waals surface area contributed by atoms with Crippen molar-refractivity contribution in [3.05, 3.63) is 56.8 Å². The maximum atomic E-state index is 13.2. The number of rotatable bonds is 5. The lowest BCUT2D eigenvalue weighted by Gasteiger charge is -2.11. The Kier molecular flexibility index (Phi) is 5.03. The molecule has 3 aromatic heterocycles. The van der Waals surface area contributed by atoms with E-state index in [4.69, 9.17) is 9.47 Å². The van der Waals surface area contributed by atoms with Crippen LogP contribution in [0.2, 0.25) is 0 Å². The van der Waals surface area contributed by atoms with E-state index in [1.165, 1.54) is 29.2 Å². The summed E-state index contributed by atoms with van der Waals surface area (Å²) < 4.78 is 11.9. The summed E-state index contributed by atoms with van der Waals surface area (Å²) in [6.07, 6.45) is 1.37. The number of nitrogens with zero attached hydrogens (tertiary/aromatic N) is 2. The Labute approximate surface area is 190 Å². The molecule has 5 rings (SSSR count). The number of anilines is 1. The molecule has 0 bridgehead atoms. The van der Waals surface area contributed by atoms with Gasteiger partial charge >= 0.3 is 0 Å². The first kappa shape index (κ1) is 20.4. The molecule has 0 fully saturated rings. The molecule has 1 N–H and O–H groups in total. The summed E-state index contributed by atoms with van der Waals surface area (Å²) in [6.45, 7) is 3.22. The first-order valence-corrected chi connectivity index (χ1v) is 11.4. The first-order valence-electron chi connectivity index (χ1n) is 9.68. The van der Waals surface area contributed by atoms with E-state index in [0.717, 1.165) is 15.3 Å². The number of thiophene rings is 2. The maximum Gasteiger partial charge on any atom is 0.263 e. The molecule has 0 unspecified atom stereocenters. The minimum Gasteiger partial charge on any atom is -0.454 e. The monoisotopic (exact) mass is 467 g/mol. The molecular weight excluding hydrogens is 450 g/mol. The number of hydrogen-bond donors (Lipinski definition) is 1. The number of amides is 1. The summed E-state index contributed by atoms with van der Waals surface area (Å²) in [5.41, 5.74) is 1.14. The summed E-state index contributed by atoms with van der Waals surface area (Å²) in [6, 6.07) is 7.08. The van der Waals surface area contributed by atoms with Gasteiger partial charge in [0.1, 0.15) is 11.4 Å². The minimum absolute atomic E-state index is 0.0535. The topological polar surface area (TPSA) is 99.5 Å². The molecule has 10 heteroatoms. The van der Waals surface area contributed by atoms with Crippen LogP contribution < -0.4 is 20.3 Å². The van der Waals surface area contributed by atoms with Gasteiger partial charge in [-0.3, -0.25) is 19.0 Å². The Balaban J connectivity index is 1.45. The van der Waals surface area contributed by atoms with E-state index in [2.05, 4.69) is 10.3 Å². The van der Waals surface area contributed by atoms with E-state index >= 15 is 0 Å². The SMILES string of the molecule is CC(=O)c1cc2c(cc1NC(=O)Cn1cnc3scc(-c4ccc(C)s4)c3c1=O)OCO2. The van der Waals surface area contributed by atoms with E-state index in [-0.39, 0.29) is 24.7 Å². The average Bonchev–Trinajstić information content (AvgIpc) is 3.48. The van der Waals surface area contributed by atoms with Crippen molar-refractivity contribution in [3.8, 4) is 21.9 Å². The number of ether oxygens (including phenoxy) is 2. The Hall–Kier alpha value is -3.50. The summed E-state index contributed by atoms with van der Waals surface area (Å²) >= 11 is 3.00. The van der Waals surface area contributed by atoms with E-state index in [1.807, 2.05) is 24.4 Å². The van der Waals surface area contributed by atoms with Crippen LogP contribution in [0.3, 0.4) is 0 Å². The third-order valence-corrected chi connectivity index (χ3v) is 6.97. The molecule has 32 heavy (non-hydrogen) atoms. The summed E-state index contributed by atoms with van der Waals surface area (Å²) in [5, 5.41) is 5.13. The van der Waals surface area contributed by atoms with Crippen LogP contribution in [0.25, 0.3) is 20.7 Å². The van der Waals surface area contributed by atoms with Gasteiger partial charge in [0.25, 0.3) is 5.56 Å². The molecule has 0 radical (unpaired) electrons. The van der Waals surface area contributed by atoms with Crippen LogP contribution >= 0.6 is 22.7 Å². The smallest absolute Gasteiger partial charge is 0.263 e. The second-order valence-electron chi connectivity index (χ2n) is 7.27. The number of carbonyl (C=O) groups is 2. The molecule has 1 aliphatic heterocycles. The van der Waals surface area contributed by atoms with E-state index in [1.54, 1.807) is 23.5 Å². The Morgan fingerprint density at radius 2 is 2.00 bits per heavy atom. The van der Waals surface area contributed by atoms with Crippen LogP contribution in [0.5, 0.6) is 11.5 Å². The molecule has 0 spiro atoms. The van der Waals surface area contributed by atoms with Gasteiger partial charge in [0, 0.05) is 32.3 Å². The lowest BCUT2D eigenvalue weighted by Crippen LogP contribution is -2.28. The third kappa shape index (κ3) is 3.57. The van der Waals surface area contributed by atoms with E-state index in [0.29, 0.717) is 33.0 Å². The molecule has 1 aliphatic rings. The fraction of sp³-hybridized carbons (Fsp3) is 0.182. The highest BCUT2D eigenvalue weighted by atomic mass is 32.1. The van der Waals surface area contributed by atoms with Gasteiger partial charge in [0.05, 0.1) is 17.4 Å². The lowest BCUT2D eigenvalue weighted by atomic mass is 10.1. The van der Waals surface area contributed by atoms with Crippen molar-refractivity contribution in [2.24, 2.45) is 0 Å². The zero-order valence-corrected chi connectivity index (χ0v) is 18.8. The molecule has 0 saturated heterocycles. The quantitative estimate of drug-likeness (QED) is 0.444. The maximum absolute atomic E-state index is 13.2. The van der Waals surface area contributed by atoms with Gasteiger partial charge in [0.2, 0.25) is 12.7 Å². The van der Waals surface area contributed by atoms with Crippen LogP contribution in [0.15, 0.2) is 40.8 Å². The first-order chi connectivity index (χ1) is 15.4. The molecule has 162 valence electrons. The second-order valence-corrected chi connectivity index (χ2v) is 9.42. The molecule has 0 aliphatic carbocycles. The van der Waals surface area contributed by atoms with Crippen LogP contribution in [-0.2, 0) is 11.3 Å². The molecule has 8 nitrogen and oxygen atoms in total. The minimum atomic E-state index is -0.460. The predicted octanol–water partition coefficient (Wildman–Crippen LogP) is 4.06.